The number of methoxy groups -OCH3 is 2. The van der Waals surface area contributed by atoms with Crippen LogP contribution >= 0.6 is 11.3 Å². The molecular weight excluding hydrogens is 346 g/mol. The molecule has 25 heavy (non-hydrogen) atoms. The number of nitrogens with one attached hydrogen (secondary N) is 1. The van der Waals surface area contributed by atoms with E-state index in [2.05, 4.69) is 10.3 Å². The first-order chi connectivity index (χ1) is 12.0. The van der Waals surface area contributed by atoms with Gasteiger partial charge in [0.05, 0.1) is 29.9 Å². The van der Waals surface area contributed by atoms with E-state index in [-0.39, 0.29) is 17.3 Å². The third kappa shape index (κ3) is 3.36. The van der Waals surface area contributed by atoms with Crippen LogP contribution < -0.4 is 14.8 Å². The molecule has 0 saturated carbocycles. The van der Waals surface area contributed by atoms with E-state index in [4.69, 9.17) is 9.47 Å². The van der Waals surface area contributed by atoms with Crippen LogP contribution in [0.2, 0.25) is 0 Å². The number of amides is 1. The third-order valence-corrected chi connectivity index (χ3v) is 4.37. The molecule has 0 spiro atoms. The SMILES string of the molecule is COc1ccc(C(=O)Nc2nc3c(OC)cc([N+](=O)[O-])cc3s2)cc1. The number of ether oxygens (including phenoxy) is 2. The molecule has 8 nitrogen and oxygen atoms in total. The van der Waals surface area contributed by atoms with Crippen molar-refractivity contribution in [3.8, 4) is 11.5 Å². The van der Waals surface area contributed by atoms with Gasteiger partial charge in [-0.1, -0.05) is 11.3 Å². The number of benzene rings is 2. The highest BCUT2D eigenvalue weighted by Crippen LogP contribution is 2.36. The molecule has 9 heteroatoms. The van der Waals surface area contributed by atoms with Gasteiger partial charge in [-0.25, -0.2) is 4.98 Å². The smallest absolute Gasteiger partial charge is 0.274 e. The molecule has 0 aliphatic carbocycles. The fraction of sp³-hybridized carbons (Fsp3) is 0.125. The lowest BCUT2D eigenvalue weighted by Crippen LogP contribution is -2.11. The second kappa shape index (κ2) is 6.73. The lowest BCUT2D eigenvalue weighted by atomic mass is 10.2. The van der Waals surface area contributed by atoms with Crippen molar-refractivity contribution in [2.75, 3.05) is 19.5 Å². The first-order valence-electron chi connectivity index (χ1n) is 7.10. The van der Waals surface area contributed by atoms with Gasteiger partial charge in [0.2, 0.25) is 0 Å². The number of non-ortho nitro benzene ring substituents is 1. The zero-order valence-electron chi connectivity index (χ0n) is 13.3. The number of carbonyl (C=O) groups excluding carboxylic acids is 1. The molecule has 0 atom stereocenters. The van der Waals surface area contributed by atoms with Crippen molar-refractivity contribution >= 4 is 38.3 Å². The number of nitro benzene ring substituents is 1. The minimum atomic E-state index is -0.503. The van der Waals surface area contributed by atoms with E-state index in [1.54, 1.807) is 31.4 Å². The van der Waals surface area contributed by atoms with E-state index in [9.17, 15) is 14.9 Å². The Balaban J connectivity index is 1.90. The summed E-state index contributed by atoms with van der Waals surface area (Å²) in [6.45, 7) is 0. The van der Waals surface area contributed by atoms with Gasteiger partial charge in [0.15, 0.2) is 10.9 Å². The first kappa shape index (κ1) is 16.7. The second-order valence-corrected chi connectivity index (χ2v) is 5.98. The van der Waals surface area contributed by atoms with Crippen LogP contribution in [-0.4, -0.2) is 30.0 Å². The number of anilines is 1. The number of aromatic nitrogens is 1. The van der Waals surface area contributed by atoms with Crippen LogP contribution in [-0.2, 0) is 0 Å². The summed E-state index contributed by atoms with van der Waals surface area (Å²) in [7, 11) is 2.95. The number of nitro groups is 1. The molecule has 1 N–H and O–H groups in total. The van der Waals surface area contributed by atoms with Crippen molar-refractivity contribution in [2.45, 2.75) is 0 Å². The Morgan fingerprint density at radius 3 is 2.52 bits per heavy atom. The molecule has 3 rings (SSSR count). The molecule has 0 aliphatic heterocycles. The number of rotatable bonds is 5. The fourth-order valence-corrected chi connectivity index (χ4v) is 3.12. The van der Waals surface area contributed by atoms with Crippen molar-refractivity contribution in [3.05, 3.63) is 52.1 Å². The molecule has 1 heterocycles. The van der Waals surface area contributed by atoms with Gasteiger partial charge in [-0.2, -0.15) is 0 Å². The van der Waals surface area contributed by atoms with Crippen LogP contribution in [0.4, 0.5) is 10.8 Å². The molecular formula is C16H13N3O5S. The van der Waals surface area contributed by atoms with Crippen LogP contribution in [0.1, 0.15) is 10.4 Å². The molecule has 0 radical (unpaired) electrons. The topological polar surface area (TPSA) is 104 Å². The number of nitrogens with zero attached hydrogens (tertiary/aromatic N) is 2. The largest absolute Gasteiger partial charge is 0.497 e. The Bertz CT molecular complexity index is 952. The average molecular weight is 359 g/mol. The maximum Gasteiger partial charge on any atom is 0.274 e. The van der Waals surface area contributed by atoms with Crippen LogP contribution in [0.15, 0.2) is 36.4 Å². The summed E-state index contributed by atoms with van der Waals surface area (Å²) in [4.78, 5) is 27.1. The molecule has 0 bridgehead atoms. The Morgan fingerprint density at radius 2 is 1.92 bits per heavy atom. The fourth-order valence-electron chi connectivity index (χ4n) is 2.21. The molecule has 0 unspecified atom stereocenters. The van der Waals surface area contributed by atoms with Crippen molar-refractivity contribution < 1.29 is 19.2 Å². The Hall–Kier alpha value is -3.20. The van der Waals surface area contributed by atoms with Crippen LogP contribution in [0.25, 0.3) is 10.2 Å². The van der Waals surface area contributed by atoms with Crippen molar-refractivity contribution in [1.29, 1.82) is 0 Å². The summed E-state index contributed by atoms with van der Waals surface area (Å²) >= 11 is 1.14. The maximum atomic E-state index is 12.3. The van der Waals surface area contributed by atoms with E-state index < -0.39 is 4.92 Å². The monoisotopic (exact) mass is 359 g/mol. The second-order valence-electron chi connectivity index (χ2n) is 4.95. The summed E-state index contributed by atoms with van der Waals surface area (Å²) in [5.74, 6) is 0.592. The van der Waals surface area contributed by atoms with Gasteiger partial charge in [0.25, 0.3) is 11.6 Å². The van der Waals surface area contributed by atoms with E-state index in [1.807, 2.05) is 0 Å². The standard InChI is InChI=1S/C16H13N3O5S/c1-23-11-5-3-9(4-6-11)15(20)18-16-17-14-12(24-2)7-10(19(21)22)8-13(14)25-16/h3-8H,1-2H3,(H,17,18,20). The lowest BCUT2D eigenvalue weighted by Gasteiger charge is -2.03. The summed E-state index contributed by atoms with van der Waals surface area (Å²) < 4.78 is 10.8. The van der Waals surface area contributed by atoms with Crippen LogP contribution in [0.5, 0.6) is 11.5 Å². The minimum absolute atomic E-state index is 0.0963. The number of fused-ring (bicyclic) bond motifs is 1. The maximum absolute atomic E-state index is 12.3. The zero-order valence-corrected chi connectivity index (χ0v) is 14.1. The van der Waals surface area contributed by atoms with Gasteiger partial charge in [-0.3, -0.25) is 20.2 Å². The lowest BCUT2D eigenvalue weighted by molar-refractivity contribution is -0.384. The molecule has 0 aliphatic rings. The van der Waals surface area contributed by atoms with Crippen molar-refractivity contribution in [2.24, 2.45) is 0 Å². The molecule has 0 saturated heterocycles. The predicted molar refractivity (Wildman–Crippen MR) is 93.8 cm³/mol. The summed E-state index contributed by atoms with van der Waals surface area (Å²) in [5, 5.41) is 14.0. The molecule has 1 aromatic heterocycles. The number of thiazole rings is 1. The Labute approximate surface area is 146 Å². The van der Waals surface area contributed by atoms with Crippen molar-refractivity contribution in [1.82, 2.24) is 4.98 Å². The van der Waals surface area contributed by atoms with Crippen LogP contribution in [0, 0.1) is 10.1 Å². The molecule has 0 fully saturated rings. The molecule has 128 valence electrons. The highest BCUT2D eigenvalue weighted by Gasteiger charge is 2.17. The van der Waals surface area contributed by atoms with E-state index in [1.165, 1.54) is 19.2 Å². The Kier molecular flexibility index (Phi) is 4.48. The quantitative estimate of drug-likeness (QED) is 0.552. The zero-order chi connectivity index (χ0) is 18.0. The van der Waals surface area contributed by atoms with Gasteiger partial charge in [0.1, 0.15) is 11.3 Å². The van der Waals surface area contributed by atoms with Crippen molar-refractivity contribution in [3.63, 3.8) is 0 Å². The van der Waals surface area contributed by atoms with Gasteiger partial charge >= 0.3 is 0 Å². The van der Waals surface area contributed by atoms with Gasteiger partial charge in [-0.15, -0.1) is 0 Å². The third-order valence-electron chi connectivity index (χ3n) is 3.45. The normalized spacial score (nSPS) is 10.5. The van der Waals surface area contributed by atoms with Crippen LogP contribution in [0.3, 0.4) is 0 Å². The molecule has 1 amide bonds. The minimum Gasteiger partial charge on any atom is -0.497 e. The first-order valence-corrected chi connectivity index (χ1v) is 7.92. The highest BCUT2D eigenvalue weighted by atomic mass is 32.1. The summed E-state index contributed by atoms with van der Waals surface area (Å²) in [6, 6.07) is 9.33. The number of hydrogen-bond donors (Lipinski definition) is 1. The highest BCUT2D eigenvalue weighted by molar-refractivity contribution is 7.22. The summed E-state index contributed by atoms with van der Waals surface area (Å²) in [5.41, 5.74) is 0.808. The average Bonchev–Trinajstić information content (AvgIpc) is 3.03. The molecule has 2 aromatic carbocycles. The van der Waals surface area contributed by atoms with E-state index in [0.29, 0.717) is 26.7 Å². The van der Waals surface area contributed by atoms with E-state index in [0.717, 1.165) is 11.3 Å². The number of carbonyl (C=O) groups is 1. The predicted octanol–water partition coefficient (Wildman–Crippen LogP) is 3.47. The Morgan fingerprint density at radius 1 is 1.20 bits per heavy atom. The number of hydrogen-bond acceptors (Lipinski definition) is 7. The van der Waals surface area contributed by atoms with E-state index >= 15 is 0 Å². The summed E-state index contributed by atoms with van der Waals surface area (Å²) in [6.07, 6.45) is 0. The molecule has 3 aromatic rings. The van der Waals surface area contributed by atoms with Gasteiger partial charge < -0.3 is 9.47 Å². The van der Waals surface area contributed by atoms with Gasteiger partial charge in [-0.05, 0) is 24.3 Å². The van der Waals surface area contributed by atoms with Gasteiger partial charge in [0, 0.05) is 11.6 Å².